The number of anilines is 2. The van der Waals surface area contributed by atoms with E-state index in [1.165, 1.54) is 14.0 Å². The molecule has 0 bridgehead atoms. The molecular weight excluding hydrogens is 402 g/mol. The summed E-state index contributed by atoms with van der Waals surface area (Å²) in [5.74, 6) is -0.176. The zero-order chi connectivity index (χ0) is 21.6. The summed E-state index contributed by atoms with van der Waals surface area (Å²) < 4.78 is 4.88. The van der Waals surface area contributed by atoms with Crippen molar-refractivity contribution in [1.82, 2.24) is 4.90 Å². The van der Waals surface area contributed by atoms with E-state index in [0.717, 1.165) is 5.56 Å². The minimum atomic E-state index is -0.665. The van der Waals surface area contributed by atoms with Crippen molar-refractivity contribution in [2.75, 3.05) is 17.7 Å². The minimum Gasteiger partial charge on any atom is -0.495 e. The number of ether oxygens (including phenoxy) is 1. The summed E-state index contributed by atoms with van der Waals surface area (Å²) in [7, 11) is 1.51. The number of carbonyl (C=O) groups is 3. The minimum absolute atomic E-state index is 0.132. The molecule has 0 radical (unpaired) electrons. The molecule has 2 heterocycles. The van der Waals surface area contributed by atoms with Gasteiger partial charge in [0.15, 0.2) is 0 Å². The summed E-state index contributed by atoms with van der Waals surface area (Å²) in [6, 6.07) is 11.8. The van der Waals surface area contributed by atoms with Crippen molar-refractivity contribution in [2.24, 2.45) is 0 Å². The standard InChI is InChI=1S/C22H23N3O4S/c1-12(26)23-13-9-10-17(29-4)16(11-13)24-19(27)18-22(2,3)30-21-15-8-6-5-7-14(15)20(28)25(18)21/h5-11,18,21H,1-4H3,(H,23,26)(H,24,27)/t18-,21-/m1/s1. The Morgan fingerprint density at radius 1 is 1.13 bits per heavy atom. The topological polar surface area (TPSA) is 87.7 Å². The van der Waals surface area contributed by atoms with E-state index in [-0.39, 0.29) is 23.1 Å². The van der Waals surface area contributed by atoms with Crippen molar-refractivity contribution < 1.29 is 19.1 Å². The van der Waals surface area contributed by atoms with Gasteiger partial charge in [0.1, 0.15) is 17.2 Å². The fourth-order valence-electron chi connectivity index (χ4n) is 4.09. The summed E-state index contributed by atoms with van der Waals surface area (Å²) in [4.78, 5) is 39.6. The number of carbonyl (C=O) groups excluding carboxylic acids is 3. The highest BCUT2D eigenvalue weighted by molar-refractivity contribution is 8.01. The molecule has 0 aromatic heterocycles. The summed E-state index contributed by atoms with van der Waals surface area (Å²) >= 11 is 1.61. The summed E-state index contributed by atoms with van der Waals surface area (Å²) in [6.07, 6.45) is 0. The van der Waals surface area contributed by atoms with Crippen LogP contribution in [-0.2, 0) is 9.59 Å². The van der Waals surface area contributed by atoms with Gasteiger partial charge in [0.25, 0.3) is 5.91 Å². The van der Waals surface area contributed by atoms with Crippen LogP contribution in [0.4, 0.5) is 11.4 Å². The SMILES string of the molecule is COc1ccc(NC(C)=O)cc1NC(=O)[C@H]1N2C(=O)c3ccccc3[C@H]2SC1(C)C. The van der Waals surface area contributed by atoms with E-state index < -0.39 is 10.8 Å². The van der Waals surface area contributed by atoms with Crippen molar-refractivity contribution in [1.29, 1.82) is 0 Å². The molecule has 7 nitrogen and oxygen atoms in total. The van der Waals surface area contributed by atoms with Gasteiger partial charge in [-0.05, 0) is 43.7 Å². The Balaban J connectivity index is 1.65. The third kappa shape index (κ3) is 3.31. The second-order valence-electron chi connectivity index (χ2n) is 7.86. The van der Waals surface area contributed by atoms with E-state index in [1.54, 1.807) is 40.9 Å². The van der Waals surface area contributed by atoms with E-state index in [0.29, 0.717) is 22.7 Å². The van der Waals surface area contributed by atoms with Crippen LogP contribution in [0, 0.1) is 0 Å². The normalized spacial score (nSPS) is 21.1. The number of nitrogens with one attached hydrogen (secondary N) is 2. The number of fused-ring (bicyclic) bond motifs is 3. The van der Waals surface area contributed by atoms with Gasteiger partial charge in [-0.1, -0.05) is 18.2 Å². The molecule has 1 fully saturated rings. The molecule has 0 unspecified atom stereocenters. The van der Waals surface area contributed by atoms with Gasteiger partial charge in [-0.15, -0.1) is 11.8 Å². The van der Waals surface area contributed by atoms with Crippen molar-refractivity contribution in [2.45, 2.75) is 36.9 Å². The average Bonchev–Trinajstić information content (AvgIpc) is 3.11. The molecule has 2 aromatic carbocycles. The molecule has 2 aliphatic rings. The summed E-state index contributed by atoms with van der Waals surface area (Å²) in [6.45, 7) is 5.36. The van der Waals surface area contributed by atoms with Crippen LogP contribution in [0.25, 0.3) is 0 Å². The zero-order valence-electron chi connectivity index (χ0n) is 17.2. The lowest BCUT2D eigenvalue weighted by Gasteiger charge is -2.29. The highest BCUT2D eigenvalue weighted by atomic mass is 32.2. The Labute approximate surface area is 179 Å². The average molecular weight is 426 g/mol. The van der Waals surface area contributed by atoms with Crippen molar-refractivity contribution >= 4 is 40.9 Å². The van der Waals surface area contributed by atoms with Gasteiger partial charge in [-0.3, -0.25) is 14.4 Å². The zero-order valence-corrected chi connectivity index (χ0v) is 18.0. The fraction of sp³-hybridized carbons (Fsp3) is 0.318. The second-order valence-corrected chi connectivity index (χ2v) is 9.60. The number of thioether (sulfide) groups is 1. The molecule has 3 amide bonds. The third-order valence-corrected chi connectivity index (χ3v) is 6.86. The molecule has 0 aliphatic carbocycles. The predicted molar refractivity (Wildman–Crippen MR) is 117 cm³/mol. The molecule has 1 saturated heterocycles. The van der Waals surface area contributed by atoms with Gasteiger partial charge in [-0.2, -0.15) is 0 Å². The van der Waals surface area contributed by atoms with Gasteiger partial charge < -0.3 is 20.3 Å². The lowest BCUT2D eigenvalue weighted by atomic mass is 10.0. The van der Waals surface area contributed by atoms with Crippen LogP contribution >= 0.6 is 11.8 Å². The molecule has 2 atom stereocenters. The van der Waals surface area contributed by atoms with Gasteiger partial charge in [0, 0.05) is 22.9 Å². The van der Waals surface area contributed by atoms with Crippen molar-refractivity contribution in [3.05, 3.63) is 53.6 Å². The second kappa shape index (κ2) is 7.36. The van der Waals surface area contributed by atoms with Crippen LogP contribution in [0.1, 0.15) is 42.1 Å². The molecule has 0 saturated carbocycles. The Kier molecular flexibility index (Phi) is 4.97. The van der Waals surface area contributed by atoms with Gasteiger partial charge in [0.2, 0.25) is 11.8 Å². The predicted octanol–water partition coefficient (Wildman–Crippen LogP) is 3.64. The smallest absolute Gasteiger partial charge is 0.256 e. The lowest BCUT2D eigenvalue weighted by molar-refractivity contribution is -0.121. The van der Waals surface area contributed by atoms with Crippen LogP contribution in [0.3, 0.4) is 0 Å². The van der Waals surface area contributed by atoms with Crippen LogP contribution in [-0.4, -0.2) is 40.5 Å². The quantitative estimate of drug-likeness (QED) is 0.781. The molecule has 2 aliphatic heterocycles. The molecule has 30 heavy (non-hydrogen) atoms. The number of amides is 3. The molecule has 8 heteroatoms. The van der Waals surface area contributed by atoms with Gasteiger partial charge in [-0.25, -0.2) is 0 Å². The summed E-state index contributed by atoms with van der Waals surface area (Å²) in [5.41, 5.74) is 2.57. The Morgan fingerprint density at radius 3 is 2.57 bits per heavy atom. The first-order valence-electron chi connectivity index (χ1n) is 9.59. The first-order chi connectivity index (χ1) is 14.2. The first-order valence-corrected chi connectivity index (χ1v) is 10.5. The Bertz CT molecular complexity index is 1050. The van der Waals surface area contributed by atoms with Crippen molar-refractivity contribution in [3.8, 4) is 5.75 Å². The van der Waals surface area contributed by atoms with Crippen LogP contribution in [0.5, 0.6) is 5.75 Å². The molecule has 0 spiro atoms. The highest BCUT2D eigenvalue weighted by Gasteiger charge is 2.57. The number of nitrogens with zero attached hydrogens (tertiary/aromatic N) is 1. The highest BCUT2D eigenvalue weighted by Crippen LogP contribution is 2.56. The number of hydrogen-bond acceptors (Lipinski definition) is 5. The molecule has 2 N–H and O–H groups in total. The van der Waals surface area contributed by atoms with E-state index >= 15 is 0 Å². The van der Waals surface area contributed by atoms with E-state index in [4.69, 9.17) is 4.74 Å². The summed E-state index contributed by atoms with van der Waals surface area (Å²) in [5, 5.41) is 5.42. The lowest BCUT2D eigenvalue weighted by Crippen LogP contribution is -2.50. The van der Waals surface area contributed by atoms with Gasteiger partial charge in [0.05, 0.1) is 12.8 Å². The van der Waals surface area contributed by atoms with Crippen LogP contribution in [0.2, 0.25) is 0 Å². The number of benzene rings is 2. The molecular formula is C22H23N3O4S. The maximum Gasteiger partial charge on any atom is 0.256 e. The van der Waals surface area contributed by atoms with E-state index in [1.807, 2.05) is 32.0 Å². The maximum atomic E-state index is 13.4. The Hall–Kier alpha value is -3.00. The largest absolute Gasteiger partial charge is 0.495 e. The maximum absolute atomic E-state index is 13.4. The monoisotopic (exact) mass is 425 g/mol. The number of methoxy groups -OCH3 is 1. The Morgan fingerprint density at radius 2 is 1.87 bits per heavy atom. The van der Waals surface area contributed by atoms with E-state index in [9.17, 15) is 14.4 Å². The molecule has 2 aromatic rings. The van der Waals surface area contributed by atoms with E-state index in [2.05, 4.69) is 10.6 Å². The fourth-order valence-corrected chi connectivity index (χ4v) is 5.68. The number of hydrogen-bond donors (Lipinski definition) is 2. The number of rotatable bonds is 4. The molecule has 4 rings (SSSR count). The molecule has 156 valence electrons. The van der Waals surface area contributed by atoms with Gasteiger partial charge >= 0.3 is 0 Å². The van der Waals surface area contributed by atoms with Crippen LogP contribution < -0.4 is 15.4 Å². The first kappa shape index (κ1) is 20.3. The van der Waals surface area contributed by atoms with Crippen LogP contribution in [0.15, 0.2) is 42.5 Å². The van der Waals surface area contributed by atoms with Crippen molar-refractivity contribution in [3.63, 3.8) is 0 Å². The third-order valence-electron chi connectivity index (χ3n) is 5.32.